The molecule has 6 heteroatoms. The molecule has 0 aliphatic carbocycles. The summed E-state index contributed by atoms with van der Waals surface area (Å²) in [4.78, 5) is 16.7. The second kappa shape index (κ2) is 500. The van der Waals surface area contributed by atoms with E-state index >= 15 is 0 Å². The van der Waals surface area contributed by atoms with E-state index in [2.05, 4.69) is 0 Å². The van der Waals surface area contributed by atoms with Gasteiger partial charge in [0.05, 0.1) is 0 Å². The molecule has 0 saturated carbocycles. The molecule has 0 saturated heterocycles. The second-order valence-corrected chi connectivity index (χ2v) is 0.204. The molecule has 0 heterocycles. The molecular formula is C4H10N2O3P+. The molecule has 0 radical (unpaired) electrons. The molecule has 1 unspecified atom stereocenters. The number of isocyanates is 2. The number of nitrogens with one attached hydrogen (secondary N) is 2. The van der Waals surface area contributed by atoms with Crippen LogP contribution in [0.4, 0.5) is 0 Å². The zero-order valence-corrected chi connectivity index (χ0v) is 6.96. The summed E-state index contributed by atoms with van der Waals surface area (Å²) in [5.41, 5.74) is 0. The molecule has 2 N–H and O–H groups in total. The van der Waals surface area contributed by atoms with Crippen LogP contribution in [-0.2, 0) is 14.2 Å². The van der Waals surface area contributed by atoms with Gasteiger partial charge in [0.15, 0.2) is 0 Å². The Bertz CT molecular complexity index is 82.7. The summed E-state index contributed by atoms with van der Waals surface area (Å²) in [7, 11) is 1.17. The van der Waals surface area contributed by atoms with Crippen molar-refractivity contribution in [3.63, 3.8) is 0 Å². The second-order valence-electron chi connectivity index (χ2n) is 0.204. The molecule has 0 rings (SSSR count). The predicted octanol–water partition coefficient (Wildman–Crippen LogP) is 1.04. The van der Waals surface area contributed by atoms with E-state index in [1.807, 2.05) is 13.8 Å². The number of rotatable bonds is 0. The van der Waals surface area contributed by atoms with Gasteiger partial charge < -0.3 is 0 Å². The van der Waals surface area contributed by atoms with Crippen molar-refractivity contribution in [2.45, 2.75) is 13.8 Å². The van der Waals surface area contributed by atoms with Crippen LogP contribution in [0.15, 0.2) is 0 Å². The summed E-state index contributed by atoms with van der Waals surface area (Å²) in [6.07, 6.45) is 1.50. The van der Waals surface area contributed by atoms with Crippen LogP contribution in [0, 0.1) is 10.8 Å². The van der Waals surface area contributed by atoms with Gasteiger partial charge in [0, 0.05) is 0 Å². The average Bonchev–Trinajstić information content (AvgIpc) is 1.99. The molecule has 0 aromatic carbocycles. The molecule has 5 nitrogen and oxygen atoms in total. The zero-order chi connectivity index (χ0) is 9.41. The molecule has 0 fully saturated rings. The molecular weight excluding hydrogens is 155 g/mol. The van der Waals surface area contributed by atoms with Crippen molar-refractivity contribution in [1.29, 1.82) is 10.8 Å². The molecule has 0 spiro atoms. The normalized spacial score (nSPS) is 2.60. The van der Waals surface area contributed by atoms with Crippen molar-refractivity contribution in [2.24, 2.45) is 0 Å². The topological polar surface area (TPSA) is 98.9 Å². The lowest BCUT2D eigenvalue weighted by Gasteiger charge is -1.07. The third-order valence-corrected chi connectivity index (χ3v) is 0. The lowest BCUT2D eigenvalue weighted by molar-refractivity contribution is 0.562. The number of hydrogen-bond donors (Lipinski definition) is 2. The highest BCUT2D eigenvalue weighted by Crippen LogP contribution is 1.23. The molecule has 0 aliphatic heterocycles. The maximum Gasteiger partial charge on any atom is 0.310 e. The first-order valence-corrected chi connectivity index (χ1v) is 2.62. The van der Waals surface area contributed by atoms with Crippen LogP contribution < -0.4 is 0 Å². The highest BCUT2D eigenvalue weighted by atomic mass is 31.0. The van der Waals surface area contributed by atoms with Crippen molar-refractivity contribution in [3.8, 4) is 0 Å². The number of carbonyl (C=O) groups excluding carboxylic acids is 2. The first-order chi connectivity index (χ1) is 4.83. The first-order valence-electron chi connectivity index (χ1n) is 2.14. The third kappa shape index (κ3) is 181. The minimum atomic E-state index is 0.750. The molecule has 0 amide bonds. The van der Waals surface area contributed by atoms with Crippen LogP contribution in [0.3, 0.4) is 0 Å². The fourth-order valence-electron chi connectivity index (χ4n) is 0. The smallest absolute Gasteiger partial charge is 0.222 e. The van der Waals surface area contributed by atoms with Crippen LogP contribution in [0.5, 0.6) is 0 Å². The van der Waals surface area contributed by atoms with E-state index < -0.39 is 0 Å². The monoisotopic (exact) mass is 165 g/mol. The van der Waals surface area contributed by atoms with E-state index in [0.717, 1.165) is 12.2 Å². The molecule has 1 atom stereocenters. The van der Waals surface area contributed by atoms with Crippen molar-refractivity contribution in [2.75, 3.05) is 0 Å². The highest BCUT2D eigenvalue weighted by molar-refractivity contribution is 7.00. The van der Waals surface area contributed by atoms with Crippen molar-refractivity contribution >= 4 is 21.3 Å². The van der Waals surface area contributed by atoms with Crippen LogP contribution >= 0.6 is 9.12 Å². The molecule has 10 heavy (non-hydrogen) atoms. The summed E-state index contributed by atoms with van der Waals surface area (Å²) in [5, 5.41) is 10.8. The Balaban J connectivity index is -0.0000000246. The molecule has 0 aliphatic rings. The van der Waals surface area contributed by atoms with Gasteiger partial charge in [-0.2, -0.15) is 0 Å². The van der Waals surface area contributed by atoms with Gasteiger partial charge in [-0.1, -0.05) is 18.4 Å². The maximum absolute atomic E-state index is 8.35. The minimum absolute atomic E-state index is 0.750. The summed E-state index contributed by atoms with van der Waals surface area (Å²) in [6.45, 7) is 4.00. The van der Waals surface area contributed by atoms with Gasteiger partial charge in [-0.3, -0.25) is 0 Å². The fraction of sp³-hybridized carbons (Fsp3) is 0.500. The van der Waals surface area contributed by atoms with Gasteiger partial charge in [0.2, 0.25) is 12.2 Å². The molecule has 58 valence electrons. The lowest BCUT2D eigenvalue weighted by Crippen LogP contribution is -1.16. The van der Waals surface area contributed by atoms with E-state index in [-0.39, 0.29) is 0 Å². The third-order valence-electron chi connectivity index (χ3n) is 0. The summed E-state index contributed by atoms with van der Waals surface area (Å²) < 4.78 is 8.17. The van der Waals surface area contributed by atoms with E-state index in [4.69, 9.17) is 25.0 Å². The lowest BCUT2D eigenvalue weighted by atomic mass is 11.0. The van der Waals surface area contributed by atoms with Crippen molar-refractivity contribution in [3.05, 3.63) is 0 Å². The Morgan fingerprint density at radius 1 is 1.00 bits per heavy atom. The van der Waals surface area contributed by atoms with Gasteiger partial charge in [0.25, 0.3) is 0 Å². The van der Waals surface area contributed by atoms with Crippen LogP contribution in [0.1, 0.15) is 13.8 Å². The SMILES string of the molecule is CC.N=C=O.N=C=O.O=[PH2+]. The largest absolute Gasteiger partial charge is 0.310 e. The van der Waals surface area contributed by atoms with Crippen LogP contribution in [0.25, 0.3) is 0 Å². The molecule has 0 aromatic heterocycles. The zero-order valence-electron chi connectivity index (χ0n) is 5.80. The van der Waals surface area contributed by atoms with E-state index in [9.17, 15) is 0 Å². The van der Waals surface area contributed by atoms with Crippen molar-refractivity contribution < 1.29 is 14.2 Å². The predicted molar refractivity (Wildman–Crippen MR) is 38.6 cm³/mol. The highest BCUT2D eigenvalue weighted by Gasteiger charge is 1.04. The molecule has 0 aromatic rings. The summed E-state index contributed by atoms with van der Waals surface area (Å²) in [5.74, 6) is 0. The molecule has 0 bridgehead atoms. The summed E-state index contributed by atoms with van der Waals surface area (Å²) in [6, 6.07) is 0. The van der Waals surface area contributed by atoms with Gasteiger partial charge in [0.1, 0.15) is 0 Å². The van der Waals surface area contributed by atoms with Gasteiger partial charge in [-0.05, 0) is 0 Å². The van der Waals surface area contributed by atoms with Gasteiger partial charge in [-0.25, -0.2) is 20.4 Å². The van der Waals surface area contributed by atoms with E-state index in [1.54, 1.807) is 0 Å². The standard InChI is InChI=1S/C2H6.2CHNO.H2OP/c1-2;2*2-1-3;1-2/h1-2H3;2*2H;2H2/q;;;+1. The van der Waals surface area contributed by atoms with Gasteiger partial charge in [-0.15, -0.1) is 0 Å². The van der Waals surface area contributed by atoms with Crippen LogP contribution in [0.2, 0.25) is 0 Å². The van der Waals surface area contributed by atoms with E-state index in [0.29, 0.717) is 0 Å². The minimum Gasteiger partial charge on any atom is -0.222 e. The van der Waals surface area contributed by atoms with E-state index in [1.165, 1.54) is 9.12 Å². The first kappa shape index (κ1) is 23.2. The Morgan fingerprint density at radius 2 is 1.00 bits per heavy atom. The quantitative estimate of drug-likeness (QED) is 0.318. The Kier molecular flexibility index (Phi) is 1160. The number of hydrogen-bond acceptors (Lipinski definition) is 5. The van der Waals surface area contributed by atoms with Crippen LogP contribution in [-0.4, -0.2) is 12.2 Å². The average molecular weight is 165 g/mol. The van der Waals surface area contributed by atoms with Crippen molar-refractivity contribution in [1.82, 2.24) is 0 Å². The fourth-order valence-corrected chi connectivity index (χ4v) is 0. The summed E-state index contributed by atoms with van der Waals surface area (Å²) >= 11 is 0. The Morgan fingerprint density at radius 3 is 1.00 bits per heavy atom. The Hall–Kier alpha value is -1.14. The van der Waals surface area contributed by atoms with Gasteiger partial charge >= 0.3 is 9.12 Å². The maximum atomic E-state index is 8.35. The Labute approximate surface area is 61.1 Å².